The van der Waals surface area contributed by atoms with Crippen molar-refractivity contribution in [3.63, 3.8) is 0 Å². The molecule has 0 saturated carbocycles. The van der Waals surface area contributed by atoms with Gasteiger partial charge in [-0.3, -0.25) is 4.79 Å². The first kappa shape index (κ1) is 16.1. The maximum Gasteiger partial charge on any atom is 0.422 e. The number of carbonyl (C=O) groups is 1. The zero-order valence-corrected chi connectivity index (χ0v) is 12.3. The molecule has 0 unspecified atom stereocenters. The number of fused-ring (bicyclic) bond motifs is 1. The maximum absolute atomic E-state index is 12.2. The molecule has 3 rings (SSSR count). The number of aromatic nitrogens is 1. The summed E-state index contributed by atoms with van der Waals surface area (Å²) in [5, 5.41) is 2.80. The molecule has 126 valence electrons. The van der Waals surface area contributed by atoms with Gasteiger partial charge in [0.1, 0.15) is 12.4 Å². The SMILES string of the molecule is O=C(N[C@H]1COc2ccccc21)c1ccc(OCC(F)(F)F)nc1. The smallest absolute Gasteiger partial charge is 0.422 e. The minimum absolute atomic E-state index is 0.196. The predicted molar refractivity (Wildman–Crippen MR) is 77.9 cm³/mol. The van der Waals surface area contributed by atoms with Gasteiger partial charge in [-0.2, -0.15) is 13.2 Å². The fourth-order valence-corrected chi connectivity index (χ4v) is 2.28. The number of nitrogens with one attached hydrogen (secondary N) is 1. The van der Waals surface area contributed by atoms with Gasteiger partial charge < -0.3 is 14.8 Å². The Morgan fingerprint density at radius 3 is 2.79 bits per heavy atom. The van der Waals surface area contributed by atoms with Crippen molar-refractivity contribution in [1.82, 2.24) is 10.3 Å². The van der Waals surface area contributed by atoms with Crippen LogP contribution in [0.4, 0.5) is 13.2 Å². The van der Waals surface area contributed by atoms with Gasteiger partial charge in [-0.25, -0.2) is 4.98 Å². The number of amides is 1. The number of alkyl halides is 3. The third kappa shape index (κ3) is 3.76. The molecule has 0 radical (unpaired) electrons. The van der Waals surface area contributed by atoms with E-state index in [1.807, 2.05) is 24.3 Å². The van der Waals surface area contributed by atoms with E-state index in [1.165, 1.54) is 18.3 Å². The Hall–Kier alpha value is -2.77. The molecule has 2 aromatic rings. The molecule has 1 atom stereocenters. The Balaban J connectivity index is 1.62. The van der Waals surface area contributed by atoms with Crippen molar-refractivity contribution in [2.45, 2.75) is 12.2 Å². The summed E-state index contributed by atoms with van der Waals surface area (Å²) < 4.78 is 46.2. The molecule has 8 heteroatoms. The number of para-hydroxylation sites is 1. The van der Waals surface area contributed by atoms with E-state index in [2.05, 4.69) is 15.0 Å². The molecule has 1 aliphatic rings. The van der Waals surface area contributed by atoms with Crippen LogP contribution in [0.3, 0.4) is 0 Å². The quantitative estimate of drug-likeness (QED) is 0.931. The number of carbonyl (C=O) groups excluding carboxylic acids is 1. The average Bonchev–Trinajstić information content (AvgIpc) is 2.96. The minimum atomic E-state index is -4.44. The molecule has 5 nitrogen and oxygen atoms in total. The molecular formula is C16H13F3N2O3. The largest absolute Gasteiger partial charge is 0.491 e. The molecule has 0 saturated heterocycles. The van der Waals surface area contributed by atoms with E-state index in [-0.39, 0.29) is 17.5 Å². The first-order valence-corrected chi connectivity index (χ1v) is 7.10. The van der Waals surface area contributed by atoms with Gasteiger partial charge in [-0.1, -0.05) is 18.2 Å². The van der Waals surface area contributed by atoms with Gasteiger partial charge in [0.15, 0.2) is 6.61 Å². The second kappa shape index (κ2) is 6.38. The topological polar surface area (TPSA) is 60.5 Å². The lowest BCUT2D eigenvalue weighted by Crippen LogP contribution is -2.29. The summed E-state index contributed by atoms with van der Waals surface area (Å²) in [6.07, 6.45) is -3.27. The predicted octanol–water partition coefficient (Wildman–Crippen LogP) is 2.89. The van der Waals surface area contributed by atoms with Crippen molar-refractivity contribution >= 4 is 5.91 Å². The molecule has 1 aliphatic heterocycles. The third-order valence-electron chi connectivity index (χ3n) is 3.39. The van der Waals surface area contributed by atoms with Crippen molar-refractivity contribution in [2.24, 2.45) is 0 Å². The van der Waals surface area contributed by atoms with Gasteiger partial charge in [0, 0.05) is 17.8 Å². The summed E-state index contributed by atoms with van der Waals surface area (Å²) in [5.74, 6) is 0.130. The Morgan fingerprint density at radius 2 is 2.08 bits per heavy atom. The van der Waals surface area contributed by atoms with Gasteiger partial charge in [0.25, 0.3) is 5.91 Å². The van der Waals surface area contributed by atoms with Gasteiger partial charge in [-0.15, -0.1) is 0 Å². The van der Waals surface area contributed by atoms with Crippen LogP contribution in [-0.2, 0) is 0 Å². The van der Waals surface area contributed by atoms with Crippen LogP contribution in [0.1, 0.15) is 22.0 Å². The number of halogens is 3. The molecule has 1 N–H and O–H groups in total. The second-order valence-corrected chi connectivity index (χ2v) is 5.16. The standard InChI is InChI=1S/C16H13F3N2O3/c17-16(18,19)9-24-14-6-5-10(7-20-14)15(22)21-12-8-23-13-4-2-1-3-11(12)13/h1-7,12H,8-9H2,(H,21,22)/t12-/m0/s1. The van der Waals surface area contributed by atoms with Crippen LogP contribution in [0.5, 0.6) is 11.6 Å². The number of hydrogen-bond donors (Lipinski definition) is 1. The lowest BCUT2D eigenvalue weighted by molar-refractivity contribution is -0.154. The highest BCUT2D eigenvalue weighted by Crippen LogP contribution is 2.31. The average molecular weight is 338 g/mol. The van der Waals surface area contributed by atoms with Gasteiger partial charge in [-0.05, 0) is 12.1 Å². The van der Waals surface area contributed by atoms with E-state index in [4.69, 9.17) is 4.74 Å². The number of nitrogens with zero attached hydrogens (tertiary/aromatic N) is 1. The highest BCUT2D eigenvalue weighted by atomic mass is 19.4. The van der Waals surface area contributed by atoms with Crippen molar-refractivity contribution in [2.75, 3.05) is 13.2 Å². The maximum atomic E-state index is 12.2. The van der Waals surface area contributed by atoms with Crippen LogP contribution < -0.4 is 14.8 Å². The molecular weight excluding hydrogens is 325 g/mol. The van der Waals surface area contributed by atoms with E-state index in [9.17, 15) is 18.0 Å². The molecule has 24 heavy (non-hydrogen) atoms. The summed E-state index contributed by atoms with van der Waals surface area (Å²) >= 11 is 0. The molecule has 0 fully saturated rings. The first-order valence-electron chi connectivity index (χ1n) is 7.10. The Labute approximate surface area is 135 Å². The molecule has 1 aromatic heterocycles. The fraction of sp³-hybridized carbons (Fsp3) is 0.250. The number of hydrogen-bond acceptors (Lipinski definition) is 4. The van der Waals surface area contributed by atoms with Crippen LogP contribution >= 0.6 is 0 Å². The number of pyridine rings is 1. The summed E-state index contributed by atoms with van der Waals surface area (Å²) in [4.78, 5) is 15.9. The normalized spacial score (nSPS) is 16.2. The van der Waals surface area contributed by atoms with E-state index in [0.717, 1.165) is 11.3 Å². The number of benzene rings is 1. The van der Waals surface area contributed by atoms with Crippen molar-refractivity contribution in [3.8, 4) is 11.6 Å². The van der Waals surface area contributed by atoms with Gasteiger partial charge >= 0.3 is 6.18 Å². The highest BCUT2D eigenvalue weighted by Gasteiger charge is 2.29. The minimum Gasteiger partial charge on any atom is -0.491 e. The number of rotatable bonds is 4. The summed E-state index contributed by atoms with van der Waals surface area (Å²) in [7, 11) is 0. The lowest BCUT2D eigenvalue weighted by atomic mass is 10.1. The van der Waals surface area contributed by atoms with Crippen molar-refractivity contribution in [3.05, 3.63) is 53.7 Å². The summed E-state index contributed by atoms with van der Waals surface area (Å²) in [6, 6.07) is 9.66. The molecule has 2 heterocycles. The van der Waals surface area contributed by atoms with E-state index < -0.39 is 18.7 Å². The molecule has 0 spiro atoms. The van der Waals surface area contributed by atoms with Gasteiger partial charge in [0.2, 0.25) is 5.88 Å². The van der Waals surface area contributed by atoms with E-state index in [1.54, 1.807) is 0 Å². The monoisotopic (exact) mass is 338 g/mol. The zero-order valence-electron chi connectivity index (χ0n) is 12.3. The zero-order chi connectivity index (χ0) is 17.2. The molecule has 0 aliphatic carbocycles. The number of ether oxygens (including phenoxy) is 2. The lowest BCUT2D eigenvalue weighted by Gasteiger charge is -2.12. The van der Waals surface area contributed by atoms with Crippen LogP contribution in [-0.4, -0.2) is 30.3 Å². The van der Waals surface area contributed by atoms with Crippen LogP contribution in [0.2, 0.25) is 0 Å². The fourth-order valence-electron chi connectivity index (χ4n) is 2.28. The Morgan fingerprint density at radius 1 is 1.29 bits per heavy atom. The van der Waals surface area contributed by atoms with Gasteiger partial charge in [0.05, 0.1) is 11.6 Å². The molecule has 1 amide bonds. The third-order valence-corrected chi connectivity index (χ3v) is 3.39. The highest BCUT2D eigenvalue weighted by molar-refractivity contribution is 5.94. The van der Waals surface area contributed by atoms with Crippen molar-refractivity contribution in [1.29, 1.82) is 0 Å². The Kier molecular flexibility index (Phi) is 4.28. The molecule has 1 aromatic carbocycles. The van der Waals surface area contributed by atoms with Crippen LogP contribution in [0.15, 0.2) is 42.6 Å². The van der Waals surface area contributed by atoms with E-state index in [0.29, 0.717) is 6.61 Å². The van der Waals surface area contributed by atoms with Crippen molar-refractivity contribution < 1.29 is 27.4 Å². The summed E-state index contributed by atoms with van der Waals surface area (Å²) in [5.41, 5.74) is 1.10. The summed E-state index contributed by atoms with van der Waals surface area (Å²) in [6.45, 7) is -1.10. The van der Waals surface area contributed by atoms with Crippen LogP contribution in [0.25, 0.3) is 0 Å². The Bertz CT molecular complexity index is 732. The second-order valence-electron chi connectivity index (χ2n) is 5.16. The first-order chi connectivity index (χ1) is 11.4. The van der Waals surface area contributed by atoms with E-state index >= 15 is 0 Å². The van der Waals surface area contributed by atoms with Crippen LogP contribution in [0, 0.1) is 0 Å². The molecule has 0 bridgehead atoms.